The molecular formula is C24H28N4O2. The molecule has 0 aliphatic heterocycles. The summed E-state index contributed by atoms with van der Waals surface area (Å²) < 4.78 is 2.05. The molecule has 30 heavy (non-hydrogen) atoms. The molecule has 1 aliphatic rings. The van der Waals surface area contributed by atoms with E-state index >= 15 is 0 Å². The second-order valence-corrected chi connectivity index (χ2v) is 7.99. The molecule has 0 radical (unpaired) electrons. The van der Waals surface area contributed by atoms with Gasteiger partial charge in [0.05, 0.1) is 11.0 Å². The topological polar surface area (TPSA) is 76.0 Å². The number of carbonyl (C=O) groups is 2. The molecule has 4 rings (SSSR count). The molecule has 0 unspecified atom stereocenters. The molecule has 1 saturated carbocycles. The van der Waals surface area contributed by atoms with E-state index in [0.717, 1.165) is 42.5 Å². The number of nitrogens with zero attached hydrogens (tertiary/aromatic N) is 2. The molecule has 0 atom stereocenters. The summed E-state index contributed by atoms with van der Waals surface area (Å²) in [7, 11) is 1.98. The number of anilines is 1. The first-order valence-electron chi connectivity index (χ1n) is 10.7. The molecular weight excluding hydrogens is 376 g/mol. The standard InChI is InChI=1S/C24H28N4O2/c1-28-21-13-12-19(26-24(30)18-10-6-3-7-11-18)16-20(21)27-22(28)14-15-25-23(29)17-8-4-2-5-9-17/h3,6-7,10-13,16-17H,2,4-5,8-9,14-15H2,1H3,(H,25,29)(H,26,30). The minimum absolute atomic E-state index is 0.142. The van der Waals surface area contributed by atoms with E-state index in [-0.39, 0.29) is 17.7 Å². The molecule has 2 N–H and O–H groups in total. The van der Waals surface area contributed by atoms with Gasteiger partial charge in [-0.05, 0) is 43.2 Å². The van der Waals surface area contributed by atoms with Gasteiger partial charge in [-0.15, -0.1) is 0 Å². The first kappa shape index (κ1) is 20.1. The third-order valence-corrected chi connectivity index (χ3v) is 5.89. The summed E-state index contributed by atoms with van der Waals surface area (Å²) >= 11 is 0. The number of fused-ring (bicyclic) bond motifs is 1. The van der Waals surface area contributed by atoms with E-state index in [1.54, 1.807) is 12.1 Å². The van der Waals surface area contributed by atoms with Crippen molar-refractivity contribution in [3.63, 3.8) is 0 Å². The molecule has 6 heteroatoms. The van der Waals surface area contributed by atoms with Crippen molar-refractivity contribution < 1.29 is 9.59 Å². The average Bonchev–Trinajstić information content (AvgIpc) is 3.09. The Morgan fingerprint density at radius 3 is 2.60 bits per heavy atom. The Bertz CT molecular complexity index is 1040. The molecule has 1 aliphatic carbocycles. The molecule has 2 amide bonds. The number of amides is 2. The van der Waals surface area contributed by atoms with Crippen LogP contribution in [0.5, 0.6) is 0 Å². The van der Waals surface area contributed by atoms with Gasteiger partial charge in [0.1, 0.15) is 5.82 Å². The molecule has 0 saturated heterocycles. The van der Waals surface area contributed by atoms with Crippen molar-refractivity contribution >= 4 is 28.5 Å². The van der Waals surface area contributed by atoms with Gasteiger partial charge in [-0.3, -0.25) is 9.59 Å². The predicted molar refractivity (Wildman–Crippen MR) is 118 cm³/mol. The van der Waals surface area contributed by atoms with E-state index < -0.39 is 0 Å². The van der Waals surface area contributed by atoms with Gasteiger partial charge < -0.3 is 15.2 Å². The number of benzene rings is 2. The van der Waals surface area contributed by atoms with Crippen molar-refractivity contribution in [3.05, 3.63) is 59.9 Å². The van der Waals surface area contributed by atoms with Crippen LogP contribution in [0.1, 0.15) is 48.3 Å². The van der Waals surface area contributed by atoms with Crippen molar-refractivity contribution in [2.45, 2.75) is 38.5 Å². The van der Waals surface area contributed by atoms with Crippen LogP contribution >= 0.6 is 0 Å². The first-order chi connectivity index (χ1) is 14.6. The smallest absolute Gasteiger partial charge is 0.255 e. The number of rotatable bonds is 6. The lowest BCUT2D eigenvalue weighted by Crippen LogP contribution is -2.33. The van der Waals surface area contributed by atoms with Crippen molar-refractivity contribution in [3.8, 4) is 0 Å². The van der Waals surface area contributed by atoms with Crippen LogP contribution in [-0.2, 0) is 18.3 Å². The third kappa shape index (κ3) is 4.53. The summed E-state index contributed by atoms with van der Waals surface area (Å²) in [4.78, 5) is 29.4. The summed E-state index contributed by atoms with van der Waals surface area (Å²) in [6, 6.07) is 14.9. The Kier molecular flexibility index (Phi) is 6.12. The second kappa shape index (κ2) is 9.11. The van der Waals surface area contributed by atoms with E-state index in [4.69, 9.17) is 4.98 Å². The highest BCUT2D eigenvalue weighted by molar-refractivity contribution is 6.04. The number of hydrogen-bond donors (Lipinski definition) is 2. The number of carbonyl (C=O) groups excluding carboxylic acids is 2. The largest absolute Gasteiger partial charge is 0.355 e. The van der Waals surface area contributed by atoms with Gasteiger partial charge in [-0.2, -0.15) is 0 Å². The fourth-order valence-electron chi connectivity index (χ4n) is 4.15. The summed E-state index contributed by atoms with van der Waals surface area (Å²) in [6.07, 6.45) is 6.26. The van der Waals surface area contributed by atoms with Gasteiger partial charge in [0.15, 0.2) is 0 Å². The highest BCUT2D eigenvalue weighted by Gasteiger charge is 2.20. The minimum atomic E-state index is -0.142. The average molecular weight is 405 g/mol. The van der Waals surface area contributed by atoms with Crippen molar-refractivity contribution in [2.24, 2.45) is 13.0 Å². The number of imidazole rings is 1. The van der Waals surface area contributed by atoms with Gasteiger partial charge in [-0.25, -0.2) is 4.98 Å². The lowest BCUT2D eigenvalue weighted by atomic mass is 9.89. The molecule has 1 aromatic heterocycles. The van der Waals surface area contributed by atoms with Crippen LogP contribution in [0.15, 0.2) is 48.5 Å². The minimum Gasteiger partial charge on any atom is -0.355 e. The number of nitrogens with one attached hydrogen (secondary N) is 2. The van der Waals surface area contributed by atoms with Gasteiger partial charge in [-0.1, -0.05) is 37.5 Å². The van der Waals surface area contributed by atoms with Crippen LogP contribution in [0.25, 0.3) is 11.0 Å². The van der Waals surface area contributed by atoms with Crippen LogP contribution in [0.3, 0.4) is 0 Å². The van der Waals surface area contributed by atoms with Gasteiger partial charge in [0, 0.05) is 37.2 Å². The Morgan fingerprint density at radius 1 is 1.07 bits per heavy atom. The Labute approximate surface area is 176 Å². The summed E-state index contributed by atoms with van der Waals surface area (Å²) in [6.45, 7) is 0.587. The molecule has 1 fully saturated rings. The number of aromatic nitrogens is 2. The predicted octanol–water partition coefficient (Wildman–Crippen LogP) is 4.06. The van der Waals surface area contributed by atoms with Crippen molar-refractivity contribution in [1.82, 2.24) is 14.9 Å². The maximum Gasteiger partial charge on any atom is 0.255 e. The highest BCUT2D eigenvalue weighted by Crippen LogP contribution is 2.24. The first-order valence-corrected chi connectivity index (χ1v) is 10.7. The van der Waals surface area contributed by atoms with E-state index in [9.17, 15) is 9.59 Å². The van der Waals surface area contributed by atoms with E-state index in [0.29, 0.717) is 24.2 Å². The summed E-state index contributed by atoms with van der Waals surface area (Å²) in [5.41, 5.74) is 3.16. The van der Waals surface area contributed by atoms with E-state index in [2.05, 4.69) is 10.6 Å². The Balaban J connectivity index is 1.39. The van der Waals surface area contributed by atoms with Crippen LogP contribution in [0.2, 0.25) is 0 Å². The van der Waals surface area contributed by atoms with E-state index in [1.165, 1.54) is 6.42 Å². The number of hydrogen-bond acceptors (Lipinski definition) is 3. The normalized spacial score (nSPS) is 14.6. The Hall–Kier alpha value is -3.15. The molecule has 6 nitrogen and oxygen atoms in total. The lowest BCUT2D eigenvalue weighted by molar-refractivity contribution is -0.125. The molecule has 0 spiro atoms. The monoisotopic (exact) mass is 404 g/mol. The molecule has 0 bridgehead atoms. The maximum atomic E-state index is 12.4. The molecule has 156 valence electrons. The highest BCUT2D eigenvalue weighted by atomic mass is 16.2. The molecule has 1 heterocycles. The van der Waals surface area contributed by atoms with Gasteiger partial charge in [0.2, 0.25) is 5.91 Å². The molecule has 3 aromatic rings. The zero-order chi connectivity index (χ0) is 20.9. The summed E-state index contributed by atoms with van der Waals surface area (Å²) in [5.74, 6) is 1.13. The van der Waals surface area contributed by atoms with Crippen LogP contribution < -0.4 is 10.6 Å². The zero-order valence-corrected chi connectivity index (χ0v) is 17.4. The SMILES string of the molecule is Cn1c(CCNC(=O)C2CCCCC2)nc2cc(NC(=O)c3ccccc3)ccc21. The second-order valence-electron chi connectivity index (χ2n) is 7.99. The van der Waals surface area contributed by atoms with Crippen molar-refractivity contribution in [1.29, 1.82) is 0 Å². The fourth-order valence-corrected chi connectivity index (χ4v) is 4.15. The van der Waals surface area contributed by atoms with E-state index in [1.807, 2.05) is 48.0 Å². The van der Waals surface area contributed by atoms with Crippen LogP contribution in [0.4, 0.5) is 5.69 Å². The zero-order valence-electron chi connectivity index (χ0n) is 17.4. The third-order valence-electron chi connectivity index (χ3n) is 5.89. The quantitative estimate of drug-likeness (QED) is 0.650. The van der Waals surface area contributed by atoms with Crippen molar-refractivity contribution in [2.75, 3.05) is 11.9 Å². The summed E-state index contributed by atoms with van der Waals surface area (Å²) in [5, 5.41) is 6.01. The fraction of sp³-hybridized carbons (Fsp3) is 0.375. The number of aryl methyl sites for hydroxylation is 1. The Morgan fingerprint density at radius 2 is 1.83 bits per heavy atom. The van der Waals surface area contributed by atoms with Crippen LogP contribution in [-0.4, -0.2) is 27.9 Å². The maximum absolute atomic E-state index is 12.4. The van der Waals surface area contributed by atoms with Crippen LogP contribution in [0, 0.1) is 5.92 Å². The van der Waals surface area contributed by atoms with Gasteiger partial charge in [0.25, 0.3) is 5.91 Å². The van der Waals surface area contributed by atoms with Gasteiger partial charge >= 0.3 is 0 Å². The molecule has 2 aromatic carbocycles. The lowest BCUT2D eigenvalue weighted by Gasteiger charge is -2.20.